The quantitative estimate of drug-likeness (QED) is 0.454. The Labute approximate surface area is 95.0 Å². The van der Waals surface area contributed by atoms with Crippen molar-refractivity contribution in [3.63, 3.8) is 0 Å². The molecule has 0 atom stereocenters. The standard InChI is InChI=1S/C6H5NO2.C6H7N.H2/c8-7(9)6-4-2-1-3-5-6;7-6-4-2-1-3-5-6;/h1-5H;1-5H,7H2;1H. The van der Waals surface area contributed by atoms with Crippen LogP contribution in [0.3, 0.4) is 0 Å². The molecule has 84 valence electrons. The zero-order chi connectivity index (χ0) is 11.8. The van der Waals surface area contributed by atoms with Gasteiger partial charge in [-0.2, -0.15) is 0 Å². The number of hydrogen-bond donors (Lipinski definition) is 1. The van der Waals surface area contributed by atoms with Crippen molar-refractivity contribution >= 4 is 11.4 Å². The summed E-state index contributed by atoms with van der Waals surface area (Å²) >= 11 is 0. The van der Waals surface area contributed by atoms with Crippen LogP contribution in [0.5, 0.6) is 0 Å². The minimum Gasteiger partial charge on any atom is -0.399 e. The van der Waals surface area contributed by atoms with Crippen LogP contribution in [0.4, 0.5) is 11.4 Å². The van der Waals surface area contributed by atoms with Gasteiger partial charge in [0, 0.05) is 19.2 Å². The summed E-state index contributed by atoms with van der Waals surface area (Å²) in [7, 11) is 0. The van der Waals surface area contributed by atoms with Crippen LogP contribution in [-0.2, 0) is 0 Å². The lowest BCUT2D eigenvalue weighted by Gasteiger charge is -1.85. The average Bonchev–Trinajstić information content (AvgIpc) is 2.32. The van der Waals surface area contributed by atoms with Gasteiger partial charge in [-0.15, -0.1) is 0 Å². The smallest absolute Gasteiger partial charge is 0.269 e. The SMILES string of the molecule is Nc1ccccc1.O=[N+]([O-])c1ccccc1.[HH]. The highest BCUT2D eigenvalue weighted by molar-refractivity contribution is 5.35. The zero-order valence-electron chi connectivity index (χ0n) is 8.61. The normalized spacial score (nSPS) is 8.75. The summed E-state index contributed by atoms with van der Waals surface area (Å²) in [5, 5.41) is 10.0. The maximum absolute atomic E-state index is 10.0. The Hall–Kier alpha value is -2.36. The van der Waals surface area contributed by atoms with Crippen molar-refractivity contribution in [2.24, 2.45) is 0 Å². The van der Waals surface area contributed by atoms with Gasteiger partial charge in [-0.05, 0) is 12.1 Å². The van der Waals surface area contributed by atoms with Crippen molar-refractivity contribution in [2.75, 3.05) is 5.73 Å². The van der Waals surface area contributed by atoms with Crippen molar-refractivity contribution < 1.29 is 6.35 Å². The van der Waals surface area contributed by atoms with Gasteiger partial charge in [0.1, 0.15) is 0 Å². The second kappa shape index (κ2) is 6.19. The van der Waals surface area contributed by atoms with E-state index in [9.17, 15) is 10.1 Å². The number of non-ortho nitro benzene ring substituents is 1. The fourth-order valence-corrected chi connectivity index (χ4v) is 1.00. The Morgan fingerprint density at radius 2 is 1.38 bits per heavy atom. The third-order valence-corrected chi connectivity index (χ3v) is 1.77. The van der Waals surface area contributed by atoms with E-state index in [1.54, 1.807) is 18.2 Å². The number of nitrogens with zero attached hydrogens (tertiary/aromatic N) is 1. The van der Waals surface area contributed by atoms with E-state index in [4.69, 9.17) is 5.73 Å². The molecule has 0 saturated heterocycles. The molecule has 0 saturated carbocycles. The molecule has 0 heterocycles. The fraction of sp³-hybridized carbons (Fsp3) is 0. The number of nitro benzene ring substituents is 1. The number of rotatable bonds is 1. The number of nitrogen functional groups attached to an aromatic ring is 1. The molecule has 2 aromatic carbocycles. The first kappa shape index (κ1) is 11.7. The van der Waals surface area contributed by atoms with Crippen LogP contribution in [0, 0.1) is 10.1 Å². The second-order valence-corrected chi connectivity index (χ2v) is 3.00. The van der Waals surface area contributed by atoms with Crippen LogP contribution in [0.1, 0.15) is 1.43 Å². The van der Waals surface area contributed by atoms with E-state index in [-0.39, 0.29) is 7.11 Å². The summed E-state index contributed by atoms with van der Waals surface area (Å²) in [6.07, 6.45) is 0. The van der Waals surface area contributed by atoms with E-state index >= 15 is 0 Å². The molecule has 0 aliphatic heterocycles. The second-order valence-electron chi connectivity index (χ2n) is 3.00. The highest BCUT2D eigenvalue weighted by atomic mass is 16.6. The van der Waals surface area contributed by atoms with E-state index in [1.807, 2.05) is 30.3 Å². The van der Waals surface area contributed by atoms with Crippen LogP contribution >= 0.6 is 0 Å². The van der Waals surface area contributed by atoms with Gasteiger partial charge in [-0.1, -0.05) is 36.4 Å². The highest BCUT2D eigenvalue weighted by Crippen LogP contribution is 2.06. The predicted molar refractivity (Wildman–Crippen MR) is 66.1 cm³/mol. The molecule has 0 bridgehead atoms. The van der Waals surface area contributed by atoms with Crippen LogP contribution in [0.25, 0.3) is 0 Å². The molecule has 0 spiro atoms. The van der Waals surface area contributed by atoms with Crippen molar-refractivity contribution in [1.29, 1.82) is 0 Å². The molecule has 0 amide bonds. The molecule has 0 aromatic heterocycles. The van der Waals surface area contributed by atoms with E-state index in [2.05, 4.69) is 0 Å². The number of para-hydroxylation sites is 2. The first-order valence-corrected chi connectivity index (χ1v) is 4.70. The summed E-state index contributed by atoms with van der Waals surface area (Å²) in [5.41, 5.74) is 6.32. The van der Waals surface area contributed by atoms with Crippen molar-refractivity contribution in [3.05, 3.63) is 70.8 Å². The monoisotopic (exact) mass is 218 g/mol. The van der Waals surface area contributed by atoms with Gasteiger partial charge in [0.2, 0.25) is 0 Å². The maximum Gasteiger partial charge on any atom is 0.269 e. The predicted octanol–water partition coefficient (Wildman–Crippen LogP) is 3.11. The lowest BCUT2D eigenvalue weighted by molar-refractivity contribution is -0.384. The van der Waals surface area contributed by atoms with Crippen LogP contribution in [0.15, 0.2) is 60.7 Å². The van der Waals surface area contributed by atoms with Crippen molar-refractivity contribution in [3.8, 4) is 0 Å². The van der Waals surface area contributed by atoms with E-state index in [1.165, 1.54) is 12.1 Å². The minimum absolute atomic E-state index is 0. The molecule has 0 unspecified atom stereocenters. The summed E-state index contributed by atoms with van der Waals surface area (Å²) < 4.78 is 0. The Morgan fingerprint density at radius 1 is 0.938 bits per heavy atom. The Balaban J connectivity index is 0.000000292. The number of benzene rings is 2. The summed E-state index contributed by atoms with van der Waals surface area (Å²) in [5.74, 6) is 0. The molecule has 0 aliphatic carbocycles. The molecule has 2 rings (SSSR count). The van der Waals surface area contributed by atoms with E-state index in [0.29, 0.717) is 0 Å². The Bertz CT molecular complexity index is 435. The van der Waals surface area contributed by atoms with Crippen LogP contribution < -0.4 is 5.73 Å². The maximum atomic E-state index is 10.0. The Morgan fingerprint density at radius 3 is 1.62 bits per heavy atom. The molecule has 4 nitrogen and oxygen atoms in total. The molecule has 4 heteroatoms. The molecule has 2 aromatic rings. The average molecular weight is 218 g/mol. The molecule has 0 radical (unpaired) electrons. The number of anilines is 1. The number of hydrogen-bond acceptors (Lipinski definition) is 3. The first-order chi connectivity index (χ1) is 7.70. The third-order valence-electron chi connectivity index (χ3n) is 1.77. The lowest BCUT2D eigenvalue weighted by Crippen LogP contribution is -1.84. The summed E-state index contributed by atoms with van der Waals surface area (Å²) in [6, 6.07) is 17.4. The molecule has 0 aliphatic rings. The van der Waals surface area contributed by atoms with Gasteiger partial charge in [0.25, 0.3) is 5.69 Å². The van der Waals surface area contributed by atoms with Gasteiger partial charge in [-0.3, -0.25) is 10.1 Å². The van der Waals surface area contributed by atoms with Gasteiger partial charge >= 0.3 is 0 Å². The van der Waals surface area contributed by atoms with Crippen LogP contribution in [-0.4, -0.2) is 4.92 Å². The number of nitrogens with two attached hydrogens (primary N) is 1. The van der Waals surface area contributed by atoms with E-state index in [0.717, 1.165) is 5.69 Å². The van der Waals surface area contributed by atoms with Gasteiger partial charge in [-0.25, -0.2) is 0 Å². The highest BCUT2D eigenvalue weighted by Gasteiger charge is 1.98. The third kappa shape index (κ3) is 4.23. The topological polar surface area (TPSA) is 69.2 Å². The summed E-state index contributed by atoms with van der Waals surface area (Å²) in [6.45, 7) is 0. The first-order valence-electron chi connectivity index (χ1n) is 4.70. The molecular formula is C12H14N2O2. The van der Waals surface area contributed by atoms with Crippen molar-refractivity contribution in [2.45, 2.75) is 0 Å². The largest absolute Gasteiger partial charge is 0.399 e. The van der Waals surface area contributed by atoms with Gasteiger partial charge in [0.05, 0.1) is 4.92 Å². The van der Waals surface area contributed by atoms with Crippen LogP contribution in [0.2, 0.25) is 0 Å². The van der Waals surface area contributed by atoms with E-state index < -0.39 is 4.92 Å². The molecular weight excluding hydrogens is 204 g/mol. The minimum atomic E-state index is -0.417. The lowest BCUT2D eigenvalue weighted by atomic mass is 10.3. The Kier molecular flexibility index (Phi) is 4.53. The molecule has 2 N–H and O–H groups in total. The van der Waals surface area contributed by atoms with Gasteiger partial charge in [0.15, 0.2) is 0 Å². The number of nitro groups is 1. The molecule has 16 heavy (non-hydrogen) atoms. The summed E-state index contributed by atoms with van der Waals surface area (Å²) in [4.78, 5) is 9.59. The van der Waals surface area contributed by atoms with Gasteiger partial charge < -0.3 is 5.73 Å². The fourth-order valence-electron chi connectivity index (χ4n) is 1.00. The molecule has 0 fully saturated rings. The van der Waals surface area contributed by atoms with Crippen molar-refractivity contribution in [1.82, 2.24) is 0 Å². The zero-order valence-corrected chi connectivity index (χ0v) is 8.61.